The molecule has 0 radical (unpaired) electrons. The number of nitrogens with zero attached hydrogens (tertiary/aromatic N) is 1. The van der Waals surface area contributed by atoms with E-state index in [9.17, 15) is 17.6 Å². The van der Waals surface area contributed by atoms with Crippen LogP contribution in [0.4, 0.5) is 15.8 Å². The molecule has 154 valence electrons. The maximum absolute atomic E-state index is 13.4. The van der Waals surface area contributed by atoms with E-state index in [1.165, 1.54) is 13.2 Å². The number of benzene rings is 2. The zero-order valence-electron chi connectivity index (χ0n) is 15.7. The van der Waals surface area contributed by atoms with Crippen LogP contribution in [0.3, 0.4) is 0 Å². The van der Waals surface area contributed by atoms with Crippen LogP contribution in [0, 0.1) is 5.82 Å². The van der Waals surface area contributed by atoms with Crippen LogP contribution in [-0.4, -0.2) is 34.1 Å². The van der Waals surface area contributed by atoms with Gasteiger partial charge in [0.2, 0.25) is 0 Å². The zero-order valence-corrected chi connectivity index (χ0v) is 18.1. The van der Waals surface area contributed by atoms with Crippen LogP contribution in [0.5, 0.6) is 0 Å². The fourth-order valence-electron chi connectivity index (χ4n) is 4.24. The van der Waals surface area contributed by atoms with E-state index in [1.54, 1.807) is 6.07 Å². The molecule has 0 saturated carbocycles. The highest BCUT2D eigenvalue weighted by Crippen LogP contribution is 2.41. The Morgan fingerprint density at radius 1 is 1.28 bits per heavy atom. The van der Waals surface area contributed by atoms with Gasteiger partial charge in [-0.15, -0.1) is 0 Å². The van der Waals surface area contributed by atoms with Crippen LogP contribution in [0.25, 0.3) is 0 Å². The van der Waals surface area contributed by atoms with E-state index in [0.29, 0.717) is 12.5 Å². The van der Waals surface area contributed by atoms with Crippen LogP contribution in [0.1, 0.15) is 35.2 Å². The third kappa shape index (κ3) is 3.61. The zero-order chi connectivity index (χ0) is 20.8. The van der Waals surface area contributed by atoms with Gasteiger partial charge in [0.15, 0.2) is 0 Å². The standard InChI is InChI=1S/C20H20BrFN2O4S/c1-28-20(25)19-14-6-5-13-3-2-10-24(13)17(14)8-7-16(19)23-29(26,27)18-9-4-12(22)11-15(18)21/h4,7-9,11,13,23H,2-3,5-6,10H2,1H3. The summed E-state index contributed by atoms with van der Waals surface area (Å²) in [6.45, 7) is 0.922. The highest BCUT2D eigenvalue weighted by molar-refractivity contribution is 9.10. The van der Waals surface area contributed by atoms with E-state index in [4.69, 9.17) is 4.74 Å². The molecule has 1 saturated heterocycles. The molecule has 2 aliphatic rings. The summed E-state index contributed by atoms with van der Waals surface area (Å²) >= 11 is 3.09. The first-order valence-corrected chi connectivity index (χ1v) is 11.6. The lowest BCUT2D eigenvalue weighted by Crippen LogP contribution is -2.35. The van der Waals surface area contributed by atoms with Gasteiger partial charge in [-0.25, -0.2) is 17.6 Å². The molecule has 1 fully saturated rings. The molecule has 0 spiro atoms. The van der Waals surface area contributed by atoms with E-state index >= 15 is 0 Å². The van der Waals surface area contributed by atoms with Crippen LogP contribution in [0.2, 0.25) is 0 Å². The van der Waals surface area contributed by atoms with Crippen LogP contribution in [-0.2, 0) is 21.2 Å². The van der Waals surface area contributed by atoms with Gasteiger partial charge in [-0.05, 0) is 77.5 Å². The van der Waals surface area contributed by atoms with Crippen molar-refractivity contribution < 1.29 is 22.3 Å². The monoisotopic (exact) mass is 482 g/mol. The van der Waals surface area contributed by atoms with E-state index < -0.39 is 21.8 Å². The topological polar surface area (TPSA) is 75.7 Å². The number of anilines is 2. The maximum atomic E-state index is 13.4. The van der Waals surface area contributed by atoms with E-state index in [1.807, 2.05) is 6.07 Å². The summed E-state index contributed by atoms with van der Waals surface area (Å²) in [5, 5.41) is 0. The number of carbonyl (C=O) groups is 1. The Labute approximate surface area is 177 Å². The predicted molar refractivity (Wildman–Crippen MR) is 111 cm³/mol. The molecule has 0 aliphatic carbocycles. The summed E-state index contributed by atoms with van der Waals surface area (Å²) in [4.78, 5) is 14.8. The minimum absolute atomic E-state index is 0.0995. The molecule has 6 nitrogen and oxygen atoms in total. The lowest BCUT2D eigenvalue weighted by molar-refractivity contribution is 0.0600. The number of rotatable bonds is 4. The second-order valence-electron chi connectivity index (χ2n) is 7.19. The number of sulfonamides is 1. The summed E-state index contributed by atoms with van der Waals surface area (Å²) in [5.41, 5.74) is 2.15. The van der Waals surface area contributed by atoms with Crippen LogP contribution < -0.4 is 9.62 Å². The Morgan fingerprint density at radius 3 is 2.79 bits per heavy atom. The van der Waals surface area contributed by atoms with Crippen molar-refractivity contribution >= 4 is 43.3 Å². The Kier molecular flexibility index (Phi) is 5.29. The molecular formula is C20H20BrFN2O4S. The molecule has 0 bridgehead atoms. The molecule has 1 atom stereocenters. The molecule has 1 N–H and O–H groups in total. The fraction of sp³-hybridized carbons (Fsp3) is 0.350. The summed E-state index contributed by atoms with van der Waals surface area (Å²) < 4.78 is 46.8. The maximum Gasteiger partial charge on any atom is 0.340 e. The van der Waals surface area contributed by atoms with Crippen molar-refractivity contribution in [2.24, 2.45) is 0 Å². The molecule has 4 rings (SSSR count). The number of carbonyl (C=O) groups excluding carboxylic acids is 1. The Balaban J connectivity index is 1.79. The van der Waals surface area contributed by atoms with Crippen molar-refractivity contribution in [1.82, 2.24) is 0 Å². The smallest absolute Gasteiger partial charge is 0.340 e. The number of esters is 1. The molecule has 2 aromatic carbocycles. The Bertz CT molecular complexity index is 1090. The largest absolute Gasteiger partial charge is 0.465 e. The van der Waals surface area contributed by atoms with Gasteiger partial charge < -0.3 is 9.64 Å². The number of ether oxygens (including phenoxy) is 1. The minimum Gasteiger partial charge on any atom is -0.465 e. The molecule has 0 aromatic heterocycles. The van der Waals surface area contributed by atoms with E-state index in [-0.39, 0.29) is 20.6 Å². The van der Waals surface area contributed by atoms with Gasteiger partial charge in [0.05, 0.1) is 18.4 Å². The second-order valence-corrected chi connectivity index (χ2v) is 9.69. The van der Waals surface area contributed by atoms with Crippen molar-refractivity contribution in [3.8, 4) is 0 Å². The van der Waals surface area contributed by atoms with Crippen LogP contribution >= 0.6 is 15.9 Å². The molecule has 0 amide bonds. The van der Waals surface area contributed by atoms with Gasteiger partial charge in [-0.3, -0.25) is 4.72 Å². The van der Waals surface area contributed by atoms with Crippen molar-refractivity contribution in [1.29, 1.82) is 0 Å². The van der Waals surface area contributed by atoms with Gasteiger partial charge in [-0.2, -0.15) is 0 Å². The Hall–Kier alpha value is -2.13. The Morgan fingerprint density at radius 2 is 2.07 bits per heavy atom. The average Bonchev–Trinajstić information content (AvgIpc) is 3.15. The van der Waals surface area contributed by atoms with Gasteiger partial charge in [0.1, 0.15) is 10.7 Å². The third-order valence-corrected chi connectivity index (χ3v) is 7.86. The van der Waals surface area contributed by atoms with Crippen molar-refractivity contribution in [2.75, 3.05) is 23.3 Å². The van der Waals surface area contributed by atoms with Gasteiger partial charge in [0.25, 0.3) is 10.0 Å². The number of nitrogens with one attached hydrogen (secondary N) is 1. The molecule has 2 aromatic rings. The quantitative estimate of drug-likeness (QED) is 0.664. The van der Waals surface area contributed by atoms with E-state index in [0.717, 1.165) is 49.2 Å². The van der Waals surface area contributed by atoms with E-state index in [2.05, 4.69) is 25.6 Å². The number of hydrogen-bond donors (Lipinski definition) is 1. The minimum atomic E-state index is -4.05. The fourth-order valence-corrected chi connectivity index (χ4v) is 6.36. The first-order chi connectivity index (χ1) is 13.8. The molecule has 2 aliphatic heterocycles. The van der Waals surface area contributed by atoms with Crippen LogP contribution in [0.15, 0.2) is 39.7 Å². The van der Waals surface area contributed by atoms with Gasteiger partial charge in [-0.1, -0.05) is 0 Å². The lowest BCUT2D eigenvalue weighted by Gasteiger charge is -2.35. The first-order valence-electron chi connectivity index (χ1n) is 9.30. The van der Waals surface area contributed by atoms with Gasteiger partial charge >= 0.3 is 5.97 Å². The average molecular weight is 483 g/mol. The lowest BCUT2D eigenvalue weighted by atomic mass is 9.91. The number of fused-ring (bicyclic) bond motifs is 3. The molecule has 1 unspecified atom stereocenters. The van der Waals surface area contributed by atoms with Crippen molar-refractivity contribution in [2.45, 2.75) is 36.6 Å². The SMILES string of the molecule is COC(=O)c1c(NS(=O)(=O)c2ccc(F)cc2Br)ccc2c1CCC1CCCN21. The first kappa shape index (κ1) is 20.2. The highest BCUT2D eigenvalue weighted by Gasteiger charge is 2.34. The van der Waals surface area contributed by atoms with Crippen molar-refractivity contribution in [3.05, 3.63) is 51.7 Å². The van der Waals surface area contributed by atoms with Crippen molar-refractivity contribution in [3.63, 3.8) is 0 Å². The predicted octanol–water partition coefficient (Wildman–Crippen LogP) is 4.09. The summed E-state index contributed by atoms with van der Waals surface area (Å²) in [6.07, 6.45) is 3.82. The normalized spacial score (nSPS) is 18.2. The molecule has 29 heavy (non-hydrogen) atoms. The number of halogens is 2. The summed E-state index contributed by atoms with van der Waals surface area (Å²) in [7, 11) is -2.78. The third-order valence-electron chi connectivity index (χ3n) is 5.52. The summed E-state index contributed by atoms with van der Waals surface area (Å²) in [6, 6.07) is 7.24. The molecule has 2 heterocycles. The highest BCUT2D eigenvalue weighted by atomic mass is 79.9. The molecular weight excluding hydrogens is 463 g/mol. The molecule has 9 heteroatoms. The number of methoxy groups -OCH3 is 1. The van der Waals surface area contributed by atoms with Gasteiger partial charge in [0, 0.05) is 22.7 Å². The number of hydrogen-bond acceptors (Lipinski definition) is 5. The second kappa shape index (κ2) is 7.60. The summed E-state index contributed by atoms with van der Waals surface area (Å²) in [5.74, 6) is -1.14.